The first-order valence-corrected chi connectivity index (χ1v) is 10.7. The molecule has 1 aromatic carbocycles. The van der Waals surface area contributed by atoms with E-state index in [4.69, 9.17) is 0 Å². The van der Waals surface area contributed by atoms with Crippen molar-refractivity contribution in [2.75, 3.05) is 0 Å². The zero-order chi connectivity index (χ0) is 10.9. The Balaban J connectivity index is 3.09. The first kappa shape index (κ1) is 11.9. The van der Waals surface area contributed by atoms with Gasteiger partial charge in [0.25, 0.3) is 0 Å². The van der Waals surface area contributed by atoms with E-state index in [0.717, 1.165) is 8.13 Å². The van der Waals surface area contributed by atoms with Crippen LogP contribution in [0.4, 0.5) is 0 Å². The van der Waals surface area contributed by atoms with E-state index in [-0.39, 0.29) is 0 Å². The van der Waals surface area contributed by atoms with Gasteiger partial charge in [-0.15, -0.1) is 8.13 Å². The molecule has 1 aromatic rings. The van der Waals surface area contributed by atoms with Gasteiger partial charge in [0.05, 0.1) is 7.74 Å². The lowest BCUT2D eigenvalue weighted by Gasteiger charge is -2.20. The maximum absolute atomic E-state index is 2.45. The summed E-state index contributed by atoms with van der Waals surface area (Å²) in [6.07, 6.45) is 0. The summed E-state index contributed by atoms with van der Waals surface area (Å²) in [5.74, 6) is 0. The Morgan fingerprint density at radius 1 is 0.929 bits per heavy atom. The fraction of sp³-hybridized carbons (Fsp3) is 0.500. The van der Waals surface area contributed by atoms with Crippen molar-refractivity contribution in [2.24, 2.45) is 0 Å². The first-order chi connectivity index (χ1) is 6.29. The molecular weight excluding hydrogens is 203 g/mol. The molecule has 2 heteroatoms. The van der Waals surface area contributed by atoms with Gasteiger partial charge in [-0.1, -0.05) is 37.3 Å². The fourth-order valence-corrected chi connectivity index (χ4v) is 6.47. The molecule has 0 amide bonds. The number of benzene rings is 1. The molecule has 0 bridgehead atoms. The Hall–Kier alpha value is -0.133. The second-order valence-corrected chi connectivity index (χ2v) is 15.6. The third kappa shape index (κ3) is 3.22. The summed E-state index contributed by atoms with van der Waals surface area (Å²) in [4.78, 5) is 0. The third-order valence-electron chi connectivity index (χ3n) is 2.18. The topological polar surface area (TPSA) is 0 Å². The lowest BCUT2D eigenvalue weighted by molar-refractivity contribution is 1.36. The summed E-state index contributed by atoms with van der Waals surface area (Å²) in [7, 11) is 0.0963. The summed E-state index contributed by atoms with van der Waals surface area (Å²) in [5, 5.41) is 1.62. The maximum Gasteiger partial charge on any atom is 0.0737 e. The molecule has 0 nitrogen and oxygen atoms in total. The van der Waals surface area contributed by atoms with Crippen molar-refractivity contribution in [3.63, 3.8) is 0 Å². The second-order valence-electron chi connectivity index (χ2n) is 5.15. The van der Waals surface area contributed by atoms with Gasteiger partial charge in [0.15, 0.2) is 0 Å². The monoisotopic (exact) mass is 224 g/mol. The van der Waals surface area contributed by atoms with Crippen LogP contribution in [0.15, 0.2) is 12.1 Å². The average molecular weight is 224 g/mol. The van der Waals surface area contributed by atoms with Crippen LogP contribution in [-0.4, -0.2) is 7.74 Å². The lowest BCUT2D eigenvalue weighted by atomic mass is 10.1. The van der Waals surface area contributed by atoms with Crippen molar-refractivity contribution in [3.8, 4) is 0 Å². The van der Waals surface area contributed by atoms with E-state index in [9.17, 15) is 0 Å². The van der Waals surface area contributed by atoms with Crippen LogP contribution >= 0.6 is 8.13 Å². The molecule has 0 aliphatic carbocycles. The van der Waals surface area contributed by atoms with Gasteiger partial charge in [0, 0.05) is 0 Å². The second kappa shape index (κ2) is 4.16. The minimum absolute atomic E-state index is 0.950. The predicted octanol–water partition coefficient (Wildman–Crippen LogP) is 3.75. The third-order valence-corrected chi connectivity index (χ3v) is 6.97. The van der Waals surface area contributed by atoms with E-state index in [1.807, 2.05) is 0 Å². The summed E-state index contributed by atoms with van der Waals surface area (Å²) in [5.41, 5.74) is 4.37. The van der Waals surface area contributed by atoms with Crippen LogP contribution in [0.25, 0.3) is 0 Å². The highest BCUT2D eigenvalue weighted by Crippen LogP contribution is 2.29. The first-order valence-electron chi connectivity index (χ1n) is 5.15. The number of hydrogen-bond acceptors (Lipinski definition) is 0. The van der Waals surface area contributed by atoms with Gasteiger partial charge in [0.2, 0.25) is 0 Å². The number of rotatable bonds is 2. The van der Waals surface area contributed by atoms with Crippen LogP contribution in [0.5, 0.6) is 0 Å². The van der Waals surface area contributed by atoms with Crippen LogP contribution < -0.4 is 5.30 Å². The largest absolute Gasteiger partial charge is 0.102 e. The normalized spacial score (nSPS) is 12.7. The van der Waals surface area contributed by atoms with Crippen molar-refractivity contribution >= 4 is 21.2 Å². The molecule has 0 heterocycles. The van der Waals surface area contributed by atoms with Crippen molar-refractivity contribution in [2.45, 2.75) is 40.4 Å². The summed E-state index contributed by atoms with van der Waals surface area (Å²) < 4.78 is 0. The van der Waals surface area contributed by atoms with Crippen LogP contribution in [0.3, 0.4) is 0 Å². The van der Waals surface area contributed by atoms with Gasteiger partial charge in [-0.2, -0.15) is 0 Å². The molecular formula is C12H21PSi. The summed E-state index contributed by atoms with van der Waals surface area (Å²) in [6, 6.07) is 4.63. The molecule has 1 rings (SSSR count). The van der Waals surface area contributed by atoms with Crippen molar-refractivity contribution in [3.05, 3.63) is 28.8 Å². The molecule has 0 N–H and O–H groups in total. The van der Waals surface area contributed by atoms with E-state index < -0.39 is 7.74 Å². The Bertz CT molecular complexity index is 314. The van der Waals surface area contributed by atoms with Gasteiger partial charge in [0.1, 0.15) is 0 Å². The maximum atomic E-state index is 2.45. The average Bonchev–Trinajstić information content (AvgIpc) is 1.95. The van der Waals surface area contributed by atoms with Gasteiger partial charge in [-0.25, -0.2) is 0 Å². The minimum Gasteiger partial charge on any atom is -0.102 e. The lowest BCUT2D eigenvalue weighted by Crippen LogP contribution is -2.20. The van der Waals surface area contributed by atoms with Crippen LogP contribution in [-0.2, 0) is 0 Å². The predicted molar refractivity (Wildman–Crippen MR) is 71.9 cm³/mol. The highest BCUT2D eigenvalue weighted by molar-refractivity contribution is 7.86. The minimum atomic E-state index is -0.950. The van der Waals surface area contributed by atoms with Crippen LogP contribution in [0.2, 0.25) is 19.6 Å². The molecule has 0 saturated carbocycles. The SMILES string of the molecule is Cc1cc(C)c(P[Si](C)(C)C)c(C)c1. The van der Waals surface area contributed by atoms with E-state index in [2.05, 4.69) is 52.5 Å². The zero-order valence-electron chi connectivity index (χ0n) is 10.2. The molecule has 1 atom stereocenters. The van der Waals surface area contributed by atoms with Gasteiger partial charge >= 0.3 is 0 Å². The van der Waals surface area contributed by atoms with Gasteiger partial charge in [-0.3, -0.25) is 0 Å². The molecule has 0 aliphatic rings. The van der Waals surface area contributed by atoms with Crippen molar-refractivity contribution in [1.29, 1.82) is 0 Å². The van der Waals surface area contributed by atoms with Crippen molar-refractivity contribution < 1.29 is 0 Å². The van der Waals surface area contributed by atoms with Crippen molar-refractivity contribution in [1.82, 2.24) is 0 Å². The molecule has 1 unspecified atom stereocenters. The van der Waals surface area contributed by atoms with E-state index in [1.54, 1.807) is 5.30 Å². The molecule has 0 radical (unpaired) electrons. The molecule has 14 heavy (non-hydrogen) atoms. The number of hydrogen-bond donors (Lipinski definition) is 0. The Morgan fingerprint density at radius 3 is 1.71 bits per heavy atom. The highest BCUT2D eigenvalue weighted by atomic mass is 31.3. The van der Waals surface area contributed by atoms with Gasteiger partial charge < -0.3 is 0 Å². The Morgan fingerprint density at radius 2 is 1.36 bits per heavy atom. The summed E-state index contributed by atoms with van der Waals surface area (Å²) in [6.45, 7) is 14.0. The molecule has 0 spiro atoms. The van der Waals surface area contributed by atoms with E-state index in [1.165, 1.54) is 16.7 Å². The van der Waals surface area contributed by atoms with Crippen LogP contribution in [0, 0.1) is 20.8 Å². The standard InChI is InChI=1S/C12H21PSi/c1-9-7-10(2)12(11(3)8-9)13-14(4,5)6/h7-8,13H,1-6H3. The molecule has 0 aliphatic heterocycles. The smallest absolute Gasteiger partial charge is 0.0737 e. The van der Waals surface area contributed by atoms with Crippen LogP contribution in [0.1, 0.15) is 16.7 Å². The van der Waals surface area contributed by atoms with Gasteiger partial charge in [-0.05, 0) is 37.2 Å². The zero-order valence-corrected chi connectivity index (χ0v) is 12.2. The molecule has 0 saturated heterocycles. The molecule has 0 fully saturated rings. The summed E-state index contributed by atoms with van der Waals surface area (Å²) >= 11 is 0. The quantitative estimate of drug-likeness (QED) is 0.530. The number of aryl methyl sites for hydroxylation is 3. The Kier molecular flexibility index (Phi) is 3.55. The molecule has 0 aromatic heterocycles. The van der Waals surface area contributed by atoms with E-state index in [0.29, 0.717) is 0 Å². The Labute approximate surface area is 90.8 Å². The molecule has 78 valence electrons. The fourth-order valence-electron chi connectivity index (χ4n) is 1.75. The highest BCUT2D eigenvalue weighted by Gasteiger charge is 2.16. The van der Waals surface area contributed by atoms with E-state index >= 15 is 0 Å².